The number of aryl methyl sites for hydroxylation is 2. The third-order valence-electron chi connectivity index (χ3n) is 3.30. The number of fused-ring (bicyclic) bond motifs is 1. The highest BCUT2D eigenvalue weighted by Crippen LogP contribution is 2.24. The van der Waals surface area contributed by atoms with Gasteiger partial charge in [-0.25, -0.2) is 4.79 Å². The van der Waals surface area contributed by atoms with Crippen molar-refractivity contribution in [3.63, 3.8) is 0 Å². The zero-order valence-electron chi connectivity index (χ0n) is 13.4. The summed E-state index contributed by atoms with van der Waals surface area (Å²) in [7, 11) is 0. The first kappa shape index (κ1) is 15.9. The Balaban J connectivity index is 2.30. The van der Waals surface area contributed by atoms with Crippen molar-refractivity contribution in [3.8, 4) is 0 Å². The van der Waals surface area contributed by atoms with Gasteiger partial charge >= 0.3 is 6.09 Å². The maximum atomic E-state index is 12.4. The lowest BCUT2D eigenvalue weighted by atomic mass is 9.89. The Morgan fingerprint density at radius 1 is 1.05 bits per heavy atom. The maximum Gasteiger partial charge on any atom is 0.412 e. The average Bonchev–Trinajstić information content (AvgIpc) is 2.36. The van der Waals surface area contributed by atoms with Gasteiger partial charge in [-0.15, -0.1) is 0 Å². The molecule has 0 aliphatic heterocycles. The number of hydrogen-bond donors (Lipinski definition) is 1. The van der Waals surface area contributed by atoms with E-state index in [1.165, 1.54) is 0 Å². The second kappa shape index (κ2) is 5.40. The lowest BCUT2D eigenvalue weighted by Gasteiger charge is -2.21. The molecule has 1 aliphatic rings. The zero-order chi connectivity index (χ0) is 16.7. The van der Waals surface area contributed by atoms with E-state index in [4.69, 9.17) is 4.74 Å². The third kappa shape index (κ3) is 3.24. The molecule has 1 aromatic carbocycles. The van der Waals surface area contributed by atoms with Gasteiger partial charge in [0, 0.05) is 17.2 Å². The molecule has 0 heterocycles. The Bertz CT molecular complexity index is 708. The molecule has 1 N–H and O–H groups in total. The average molecular weight is 301 g/mol. The number of rotatable bonds is 1. The van der Waals surface area contributed by atoms with Crippen LogP contribution in [0.25, 0.3) is 0 Å². The number of Topliss-reactive ketones (excluding diaryl/α,β-unsaturated/α-hetero) is 1. The topological polar surface area (TPSA) is 72.5 Å². The lowest BCUT2D eigenvalue weighted by Crippen LogP contribution is -2.36. The van der Waals surface area contributed by atoms with Crippen LogP contribution in [0.1, 0.15) is 52.6 Å². The number of alkyl carbamates (subject to hydrolysis) is 1. The highest BCUT2D eigenvalue weighted by molar-refractivity contribution is 6.25. The van der Waals surface area contributed by atoms with Crippen LogP contribution < -0.4 is 5.32 Å². The number of allylic oxidation sites excluding steroid dienone is 2. The van der Waals surface area contributed by atoms with E-state index in [0.717, 1.165) is 17.2 Å². The number of ketones is 2. The van der Waals surface area contributed by atoms with Crippen molar-refractivity contribution in [3.05, 3.63) is 46.2 Å². The number of ether oxygens (including phenoxy) is 1. The van der Waals surface area contributed by atoms with Gasteiger partial charge in [0.25, 0.3) is 0 Å². The molecule has 0 aromatic heterocycles. The molecule has 0 bridgehead atoms. The quantitative estimate of drug-likeness (QED) is 0.865. The molecule has 0 radical (unpaired) electrons. The van der Waals surface area contributed by atoms with Crippen LogP contribution in [0, 0.1) is 13.8 Å². The van der Waals surface area contributed by atoms with E-state index in [1.54, 1.807) is 32.9 Å². The molecule has 0 saturated heterocycles. The normalized spacial score (nSPS) is 14.3. The smallest absolute Gasteiger partial charge is 0.412 e. The summed E-state index contributed by atoms with van der Waals surface area (Å²) in [5.41, 5.74) is 1.78. The SMILES string of the molecule is Cc1cc2c(cc1C)C(=O)C(NC(=O)OC(C)(C)C)=CC2=O. The second-order valence-corrected chi connectivity index (χ2v) is 6.36. The Morgan fingerprint density at radius 3 is 2.14 bits per heavy atom. The summed E-state index contributed by atoms with van der Waals surface area (Å²) >= 11 is 0. The zero-order valence-corrected chi connectivity index (χ0v) is 13.4. The van der Waals surface area contributed by atoms with Crippen LogP contribution in [0.5, 0.6) is 0 Å². The number of benzene rings is 1. The van der Waals surface area contributed by atoms with Crippen LogP contribution in [0.2, 0.25) is 0 Å². The van der Waals surface area contributed by atoms with Crippen molar-refractivity contribution in [2.24, 2.45) is 0 Å². The van der Waals surface area contributed by atoms with Crippen molar-refractivity contribution in [2.45, 2.75) is 40.2 Å². The maximum absolute atomic E-state index is 12.4. The molecule has 0 saturated carbocycles. The first-order valence-electron chi connectivity index (χ1n) is 7.00. The first-order chi connectivity index (χ1) is 10.1. The van der Waals surface area contributed by atoms with Crippen molar-refractivity contribution in [2.75, 3.05) is 0 Å². The molecule has 2 rings (SSSR count). The van der Waals surface area contributed by atoms with Gasteiger partial charge in [0.15, 0.2) is 5.78 Å². The van der Waals surface area contributed by atoms with E-state index in [0.29, 0.717) is 11.1 Å². The molecule has 1 aliphatic carbocycles. The molecule has 5 nitrogen and oxygen atoms in total. The molecule has 0 fully saturated rings. The Labute approximate surface area is 129 Å². The molecule has 0 unspecified atom stereocenters. The standard InChI is InChI=1S/C17H19NO4/c1-9-6-11-12(7-10(9)2)15(20)13(8-14(11)19)18-16(21)22-17(3,4)5/h6-8H,1-5H3,(H,18,21). The number of hydrogen-bond acceptors (Lipinski definition) is 4. The molecular weight excluding hydrogens is 282 g/mol. The van der Waals surface area contributed by atoms with Crippen molar-refractivity contribution >= 4 is 17.7 Å². The predicted octanol–water partition coefficient (Wildman–Crippen LogP) is 3.09. The minimum atomic E-state index is -0.757. The third-order valence-corrected chi connectivity index (χ3v) is 3.30. The molecule has 5 heteroatoms. The molecule has 22 heavy (non-hydrogen) atoms. The highest BCUT2D eigenvalue weighted by atomic mass is 16.6. The van der Waals surface area contributed by atoms with Crippen LogP contribution in [-0.4, -0.2) is 23.3 Å². The van der Waals surface area contributed by atoms with Gasteiger partial charge in [0.2, 0.25) is 5.78 Å². The van der Waals surface area contributed by atoms with Gasteiger partial charge in [-0.3, -0.25) is 14.9 Å². The Morgan fingerprint density at radius 2 is 1.59 bits per heavy atom. The van der Waals surface area contributed by atoms with Crippen LogP contribution >= 0.6 is 0 Å². The van der Waals surface area contributed by atoms with E-state index in [9.17, 15) is 14.4 Å². The largest absolute Gasteiger partial charge is 0.444 e. The van der Waals surface area contributed by atoms with Gasteiger partial charge < -0.3 is 4.74 Å². The van der Waals surface area contributed by atoms with Gasteiger partial charge in [-0.05, 0) is 57.9 Å². The van der Waals surface area contributed by atoms with Crippen molar-refractivity contribution in [1.82, 2.24) is 5.32 Å². The van der Waals surface area contributed by atoms with Gasteiger partial charge in [-0.1, -0.05) is 0 Å². The summed E-state index contributed by atoms with van der Waals surface area (Å²) in [5, 5.41) is 2.36. The Kier molecular flexibility index (Phi) is 3.92. The van der Waals surface area contributed by atoms with E-state index in [1.807, 2.05) is 13.8 Å². The van der Waals surface area contributed by atoms with Crippen molar-refractivity contribution < 1.29 is 19.1 Å². The predicted molar refractivity (Wildman–Crippen MR) is 82.0 cm³/mol. The summed E-state index contributed by atoms with van der Waals surface area (Å²) in [6.07, 6.45) is 0.385. The van der Waals surface area contributed by atoms with Crippen molar-refractivity contribution in [1.29, 1.82) is 0 Å². The van der Waals surface area contributed by atoms with Crippen LogP contribution in [0.4, 0.5) is 4.79 Å². The number of carbonyl (C=O) groups excluding carboxylic acids is 3. The van der Waals surface area contributed by atoms with Gasteiger partial charge in [0.05, 0.1) is 5.70 Å². The van der Waals surface area contributed by atoms with Crippen LogP contribution in [0.15, 0.2) is 23.9 Å². The molecule has 1 aromatic rings. The molecular formula is C17H19NO4. The van der Waals surface area contributed by atoms with E-state index >= 15 is 0 Å². The fraction of sp³-hybridized carbons (Fsp3) is 0.353. The minimum Gasteiger partial charge on any atom is -0.444 e. The number of carbonyl (C=O) groups is 3. The van der Waals surface area contributed by atoms with E-state index in [2.05, 4.69) is 5.32 Å². The van der Waals surface area contributed by atoms with Crippen LogP contribution in [-0.2, 0) is 4.74 Å². The lowest BCUT2D eigenvalue weighted by molar-refractivity contribution is 0.0539. The summed E-state index contributed by atoms with van der Waals surface area (Å²) in [6, 6.07) is 3.38. The fourth-order valence-electron chi connectivity index (χ4n) is 2.13. The second-order valence-electron chi connectivity index (χ2n) is 6.36. The first-order valence-corrected chi connectivity index (χ1v) is 7.00. The van der Waals surface area contributed by atoms with E-state index in [-0.39, 0.29) is 17.3 Å². The summed E-state index contributed by atoms with van der Waals surface area (Å²) in [6.45, 7) is 8.90. The highest BCUT2D eigenvalue weighted by Gasteiger charge is 2.28. The van der Waals surface area contributed by atoms with Gasteiger partial charge in [-0.2, -0.15) is 0 Å². The van der Waals surface area contributed by atoms with Crippen LogP contribution in [0.3, 0.4) is 0 Å². The fourth-order valence-corrected chi connectivity index (χ4v) is 2.13. The summed E-state index contributed by atoms with van der Waals surface area (Å²) < 4.78 is 5.10. The number of amides is 1. The van der Waals surface area contributed by atoms with E-state index < -0.39 is 11.7 Å². The monoisotopic (exact) mass is 301 g/mol. The summed E-state index contributed by atoms with van der Waals surface area (Å²) in [5.74, 6) is -0.688. The molecule has 116 valence electrons. The molecule has 1 amide bonds. The molecule has 0 spiro atoms. The summed E-state index contributed by atoms with van der Waals surface area (Å²) in [4.78, 5) is 36.4. The molecule has 0 atom stereocenters. The van der Waals surface area contributed by atoms with Gasteiger partial charge in [0.1, 0.15) is 5.60 Å². The Hall–Kier alpha value is -2.43. The minimum absolute atomic E-state index is 0.0602. The number of nitrogens with one attached hydrogen (secondary N) is 1.